The number of aryl methyl sites for hydroxylation is 1. The Bertz CT molecular complexity index is 1430. The van der Waals surface area contributed by atoms with Crippen LogP contribution in [0.5, 0.6) is 0 Å². The number of hydrogen-bond acceptors (Lipinski definition) is 3. The first-order valence-electron chi connectivity index (χ1n) is 13.9. The molecule has 4 aromatic rings. The van der Waals surface area contributed by atoms with Gasteiger partial charge in [-0.2, -0.15) is 0 Å². The van der Waals surface area contributed by atoms with Crippen LogP contribution in [0.25, 0.3) is 10.2 Å². The molecule has 0 radical (unpaired) electrons. The number of thiophene rings is 1. The molecule has 2 aromatic carbocycles. The molecule has 0 unspecified atom stereocenters. The number of benzene rings is 2. The fourth-order valence-electron chi connectivity index (χ4n) is 6.23. The molecule has 0 bridgehead atoms. The maximum atomic E-state index is 14.7. The van der Waals surface area contributed by atoms with Gasteiger partial charge in [0, 0.05) is 17.5 Å². The van der Waals surface area contributed by atoms with Crippen molar-refractivity contribution < 1.29 is 9.59 Å². The van der Waals surface area contributed by atoms with E-state index in [2.05, 4.69) is 22.9 Å². The zero-order valence-electron chi connectivity index (χ0n) is 22.0. The van der Waals surface area contributed by atoms with Gasteiger partial charge in [-0.15, -0.1) is 11.3 Å². The number of fused-ring (bicyclic) bond motifs is 3. The number of amides is 2. The molecule has 196 valence electrons. The number of hydrogen-bond donors (Lipinski definition) is 1. The van der Waals surface area contributed by atoms with Gasteiger partial charge in [0.2, 0.25) is 0 Å². The van der Waals surface area contributed by atoms with E-state index in [1.807, 2.05) is 71.6 Å². The first-order chi connectivity index (χ1) is 18.6. The summed E-state index contributed by atoms with van der Waals surface area (Å²) in [6, 6.07) is 24.3. The molecule has 1 aliphatic carbocycles. The van der Waals surface area contributed by atoms with E-state index in [0.717, 1.165) is 53.4 Å². The number of nitrogens with one attached hydrogen (secondary N) is 1. The highest BCUT2D eigenvalue weighted by atomic mass is 32.1. The molecule has 1 fully saturated rings. The molecule has 5 nitrogen and oxygen atoms in total. The van der Waals surface area contributed by atoms with Crippen molar-refractivity contribution >= 4 is 33.4 Å². The fourth-order valence-corrected chi connectivity index (χ4v) is 7.27. The van der Waals surface area contributed by atoms with E-state index in [1.54, 1.807) is 11.3 Å². The molecule has 6 heteroatoms. The molecule has 0 spiro atoms. The maximum absolute atomic E-state index is 14.7. The first kappa shape index (κ1) is 24.9. The number of nitrogens with zero attached hydrogens (tertiary/aromatic N) is 2. The quantitative estimate of drug-likeness (QED) is 0.286. The Balaban J connectivity index is 1.52. The topological polar surface area (TPSA) is 54.3 Å². The summed E-state index contributed by atoms with van der Waals surface area (Å²) in [7, 11) is 0. The lowest BCUT2D eigenvalue weighted by Gasteiger charge is -2.47. The van der Waals surface area contributed by atoms with Gasteiger partial charge in [-0.3, -0.25) is 9.59 Å². The standard InChI is InChI=1S/C32H35N3O2S/c1-2-26-19-27-29(38-26)20-28-30(36)35(21-23-13-7-5-8-14-23)32(22-34(27)28,24-15-9-6-10-16-24)31(37)33-25-17-11-3-4-12-18-25/h5-10,13-16,19-20,25H,2-4,11-12,17-18,21-22H2,1H3,(H,33,37)/t32-/m0/s1. The summed E-state index contributed by atoms with van der Waals surface area (Å²) >= 11 is 1.74. The Kier molecular flexibility index (Phi) is 6.83. The Hall–Kier alpha value is -3.38. The zero-order valence-corrected chi connectivity index (χ0v) is 22.8. The predicted molar refractivity (Wildman–Crippen MR) is 153 cm³/mol. The van der Waals surface area contributed by atoms with Crippen molar-refractivity contribution in [2.75, 3.05) is 0 Å². The second kappa shape index (κ2) is 10.4. The third-order valence-corrected chi connectivity index (χ3v) is 9.52. The van der Waals surface area contributed by atoms with Gasteiger partial charge in [-0.05, 0) is 42.5 Å². The third kappa shape index (κ3) is 4.35. The molecule has 0 saturated heterocycles. The molecule has 2 amide bonds. The number of rotatable bonds is 6. The van der Waals surface area contributed by atoms with Crippen LogP contribution in [0, 0.1) is 0 Å². The summed E-state index contributed by atoms with van der Waals surface area (Å²) in [5.74, 6) is -0.167. The molecular weight excluding hydrogens is 490 g/mol. The minimum atomic E-state index is -1.16. The Morgan fingerprint density at radius 1 is 0.974 bits per heavy atom. The van der Waals surface area contributed by atoms with Crippen LogP contribution in [-0.4, -0.2) is 27.3 Å². The van der Waals surface area contributed by atoms with Gasteiger partial charge in [0.05, 0.1) is 16.8 Å². The lowest BCUT2D eigenvalue weighted by Crippen LogP contribution is -2.63. The van der Waals surface area contributed by atoms with E-state index in [4.69, 9.17) is 0 Å². The average molecular weight is 526 g/mol. The second-order valence-electron chi connectivity index (χ2n) is 10.7. The van der Waals surface area contributed by atoms with E-state index in [1.165, 1.54) is 17.7 Å². The Labute approximate surface area is 228 Å². The molecule has 6 rings (SSSR count). The summed E-state index contributed by atoms with van der Waals surface area (Å²) in [6.07, 6.45) is 7.64. The van der Waals surface area contributed by atoms with Gasteiger partial charge in [0.15, 0.2) is 5.54 Å². The van der Waals surface area contributed by atoms with Gasteiger partial charge in [-0.1, -0.05) is 93.3 Å². The molecule has 38 heavy (non-hydrogen) atoms. The molecule has 1 N–H and O–H groups in total. The monoisotopic (exact) mass is 525 g/mol. The average Bonchev–Trinajstić information content (AvgIpc) is 3.39. The normalized spacial score (nSPS) is 20.3. The summed E-state index contributed by atoms with van der Waals surface area (Å²) in [5, 5.41) is 3.45. The number of carbonyl (C=O) groups is 2. The van der Waals surface area contributed by atoms with Crippen LogP contribution < -0.4 is 5.32 Å². The van der Waals surface area contributed by atoms with Crippen LogP contribution in [-0.2, 0) is 29.8 Å². The Morgan fingerprint density at radius 2 is 1.66 bits per heavy atom. The molecule has 1 atom stereocenters. The van der Waals surface area contributed by atoms with Gasteiger partial charge in [-0.25, -0.2) is 0 Å². The minimum absolute atomic E-state index is 0.0710. The van der Waals surface area contributed by atoms with Crippen molar-refractivity contribution in [3.63, 3.8) is 0 Å². The summed E-state index contributed by atoms with van der Waals surface area (Å²) in [4.78, 5) is 32.2. The zero-order chi connectivity index (χ0) is 26.1. The maximum Gasteiger partial charge on any atom is 0.272 e. The molecule has 2 aromatic heterocycles. The largest absolute Gasteiger partial charge is 0.351 e. The smallest absolute Gasteiger partial charge is 0.272 e. The summed E-state index contributed by atoms with van der Waals surface area (Å²) in [6.45, 7) is 2.92. The van der Waals surface area contributed by atoms with Gasteiger partial charge in [0.1, 0.15) is 5.69 Å². The molecule has 1 saturated carbocycles. The summed E-state index contributed by atoms with van der Waals surface area (Å²) in [5.41, 5.74) is 2.43. The number of carbonyl (C=O) groups excluding carboxylic acids is 2. The first-order valence-corrected chi connectivity index (χ1v) is 14.8. The molecule has 1 aliphatic heterocycles. The Morgan fingerprint density at radius 3 is 2.34 bits per heavy atom. The van der Waals surface area contributed by atoms with E-state index in [9.17, 15) is 9.59 Å². The summed E-state index contributed by atoms with van der Waals surface area (Å²) < 4.78 is 3.21. The minimum Gasteiger partial charge on any atom is -0.351 e. The van der Waals surface area contributed by atoms with E-state index >= 15 is 0 Å². The SMILES string of the molecule is CCc1cc2c(cc3n2C[C@@](C(=O)NC2CCCCCC2)(c2ccccc2)N(Cc2ccccc2)C3=O)s1. The third-order valence-electron chi connectivity index (χ3n) is 8.30. The van der Waals surface area contributed by atoms with Gasteiger partial charge in [0.25, 0.3) is 11.8 Å². The lowest BCUT2D eigenvalue weighted by atomic mass is 9.83. The lowest BCUT2D eigenvalue weighted by molar-refractivity contribution is -0.136. The highest BCUT2D eigenvalue weighted by molar-refractivity contribution is 7.19. The van der Waals surface area contributed by atoms with Crippen molar-refractivity contribution in [1.82, 2.24) is 14.8 Å². The number of aromatic nitrogens is 1. The predicted octanol–water partition coefficient (Wildman–Crippen LogP) is 6.66. The van der Waals surface area contributed by atoms with Crippen molar-refractivity contribution in [2.24, 2.45) is 0 Å². The fraction of sp³-hybridized carbons (Fsp3) is 0.375. The van der Waals surface area contributed by atoms with Crippen LogP contribution in [0.1, 0.15) is 71.9 Å². The van der Waals surface area contributed by atoms with E-state index in [-0.39, 0.29) is 17.9 Å². The molecular formula is C32H35N3O2S. The van der Waals surface area contributed by atoms with Gasteiger partial charge < -0.3 is 14.8 Å². The van der Waals surface area contributed by atoms with Crippen LogP contribution in [0.3, 0.4) is 0 Å². The van der Waals surface area contributed by atoms with Crippen LogP contribution >= 0.6 is 11.3 Å². The molecule has 3 heterocycles. The van der Waals surface area contributed by atoms with E-state index in [0.29, 0.717) is 18.8 Å². The van der Waals surface area contributed by atoms with Crippen molar-refractivity contribution in [3.05, 3.63) is 94.5 Å². The van der Waals surface area contributed by atoms with Crippen molar-refractivity contribution in [3.8, 4) is 0 Å². The van der Waals surface area contributed by atoms with E-state index < -0.39 is 5.54 Å². The van der Waals surface area contributed by atoms with Crippen LogP contribution in [0.15, 0.2) is 72.8 Å². The van der Waals surface area contributed by atoms with Gasteiger partial charge >= 0.3 is 0 Å². The van der Waals surface area contributed by atoms with Crippen LogP contribution in [0.4, 0.5) is 0 Å². The van der Waals surface area contributed by atoms with Crippen molar-refractivity contribution in [1.29, 1.82) is 0 Å². The molecule has 2 aliphatic rings. The highest BCUT2D eigenvalue weighted by Gasteiger charge is 2.53. The highest BCUT2D eigenvalue weighted by Crippen LogP contribution is 2.42. The van der Waals surface area contributed by atoms with Crippen molar-refractivity contribution in [2.45, 2.75) is 76.5 Å². The van der Waals surface area contributed by atoms with Crippen LogP contribution in [0.2, 0.25) is 0 Å². The second-order valence-corrected chi connectivity index (χ2v) is 11.9.